The van der Waals surface area contributed by atoms with Crippen molar-refractivity contribution in [3.05, 3.63) is 17.5 Å². The van der Waals surface area contributed by atoms with Crippen LogP contribution in [0.15, 0.2) is 6.20 Å². The smallest absolute Gasteiger partial charge is 0.341 e. The monoisotopic (exact) mass is 294 g/mol. The molecule has 0 saturated carbocycles. The maximum absolute atomic E-state index is 12.0. The number of nitrogens with zero attached hydrogens (tertiary/aromatic N) is 3. The fourth-order valence-corrected chi connectivity index (χ4v) is 2.70. The third-order valence-corrected chi connectivity index (χ3v) is 3.82. The second-order valence-corrected chi connectivity index (χ2v) is 5.09. The number of aryl methyl sites for hydroxylation is 1. The molecule has 1 aliphatic rings. The number of hydrogen-bond donors (Lipinski definition) is 1. The highest BCUT2D eigenvalue weighted by atomic mass is 16.5. The zero-order chi connectivity index (χ0) is 15.4. The lowest BCUT2D eigenvalue weighted by Gasteiger charge is -2.23. The first-order valence-electron chi connectivity index (χ1n) is 7.22. The quantitative estimate of drug-likeness (QED) is 0.791. The average Bonchev–Trinajstić information content (AvgIpc) is 3.07. The predicted molar refractivity (Wildman–Crippen MR) is 76.7 cm³/mol. The lowest BCUT2D eigenvalue weighted by molar-refractivity contribution is -0.125. The fraction of sp³-hybridized carbons (Fsp3) is 0.643. The van der Waals surface area contributed by atoms with E-state index in [2.05, 4.69) is 15.3 Å². The summed E-state index contributed by atoms with van der Waals surface area (Å²) in [4.78, 5) is 25.9. The summed E-state index contributed by atoms with van der Waals surface area (Å²) in [5.74, 6) is -0.344. The van der Waals surface area contributed by atoms with E-state index in [1.807, 2.05) is 0 Å². The molecule has 2 rings (SSSR count). The Bertz CT molecular complexity index is 526. The van der Waals surface area contributed by atoms with Gasteiger partial charge in [-0.3, -0.25) is 14.4 Å². The van der Waals surface area contributed by atoms with Gasteiger partial charge in [0, 0.05) is 20.6 Å². The Morgan fingerprint density at radius 2 is 2.29 bits per heavy atom. The van der Waals surface area contributed by atoms with Crippen molar-refractivity contribution in [3.8, 4) is 0 Å². The normalized spacial score (nSPS) is 18.7. The number of likely N-dealkylation sites (N-methyl/N-ethyl adjacent to an activating group) is 1. The number of amides is 1. The molecule has 0 bridgehead atoms. The van der Waals surface area contributed by atoms with E-state index in [0.29, 0.717) is 18.7 Å². The van der Waals surface area contributed by atoms with Gasteiger partial charge in [-0.05, 0) is 26.3 Å². The van der Waals surface area contributed by atoms with Gasteiger partial charge < -0.3 is 10.1 Å². The fourth-order valence-electron chi connectivity index (χ4n) is 2.70. The highest BCUT2D eigenvalue weighted by molar-refractivity contribution is 5.90. The zero-order valence-electron chi connectivity index (χ0n) is 12.8. The molecule has 0 aromatic carbocycles. The zero-order valence-corrected chi connectivity index (χ0v) is 12.8. The van der Waals surface area contributed by atoms with Crippen molar-refractivity contribution in [2.24, 2.45) is 7.05 Å². The van der Waals surface area contributed by atoms with E-state index < -0.39 is 0 Å². The van der Waals surface area contributed by atoms with Gasteiger partial charge in [0.15, 0.2) is 0 Å². The lowest BCUT2D eigenvalue weighted by Crippen LogP contribution is -2.41. The molecule has 1 aliphatic heterocycles. The molecule has 2 heterocycles. The maximum atomic E-state index is 12.0. The molecule has 7 heteroatoms. The molecular formula is C14H22N4O3. The third-order valence-electron chi connectivity index (χ3n) is 3.82. The first-order chi connectivity index (χ1) is 10.1. The second-order valence-electron chi connectivity index (χ2n) is 5.09. The molecule has 1 saturated heterocycles. The topological polar surface area (TPSA) is 76.5 Å². The first-order valence-corrected chi connectivity index (χ1v) is 7.22. The Labute approximate surface area is 124 Å². The molecule has 21 heavy (non-hydrogen) atoms. The summed E-state index contributed by atoms with van der Waals surface area (Å²) in [5.41, 5.74) is 1.26. The SMILES string of the molecule is CCOC(=O)c1cnn(C)c1CN1CCCC1C(=O)NC. The van der Waals surface area contributed by atoms with Crippen molar-refractivity contribution in [2.75, 3.05) is 20.2 Å². The van der Waals surface area contributed by atoms with Crippen molar-refractivity contribution in [1.82, 2.24) is 20.0 Å². The first kappa shape index (κ1) is 15.5. The van der Waals surface area contributed by atoms with Crippen LogP contribution in [0.25, 0.3) is 0 Å². The number of carbonyl (C=O) groups excluding carboxylic acids is 2. The molecule has 1 unspecified atom stereocenters. The predicted octanol–water partition coefficient (Wildman–Crippen LogP) is 0.307. The van der Waals surface area contributed by atoms with Gasteiger partial charge in [0.25, 0.3) is 0 Å². The molecule has 1 fully saturated rings. The van der Waals surface area contributed by atoms with Crippen molar-refractivity contribution >= 4 is 11.9 Å². The number of hydrogen-bond acceptors (Lipinski definition) is 5. The number of rotatable bonds is 5. The highest BCUT2D eigenvalue weighted by Crippen LogP contribution is 2.22. The largest absolute Gasteiger partial charge is 0.462 e. The van der Waals surface area contributed by atoms with Crippen LogP contribution in [0, 0.1) is 0 Å². The Morgan fingerprint density at radius 3 is 2.95 bits per heavy atom. The molecule has 116 valence electrons. The van der Waals surface area contributed by atoms with Crippen molar-refractivity contribution in [1.29, 1.82) is 0 Å². The van der Waals surface area contributed by atoms with Crippen LogP contribution in [0.2, 0.25) is 0 Å². The van der Waals surface area contributed by atoms with Gasteiger partial charge in [-0.1, -0.05) is 0 Å². The summed E-state index contributed by atoms with van der Waals surface area (Å²) < 4.78 is 6.72. The van der Waals surface area contributed by atoms with Crippen LogP contribution in [-0.2, 0) is 23.1 Å². The van der Waals surface area contributed by atoms with Gasteiger partial charge in [0.1, 0.15) is 5.56 Å². The third kappa shape index (κ3) is 3.24. The summed E-state index contributed by atoms with van der Waals surface area (Å²) in [6, 6.07) is -0.139. The van der Waals surface area contributed by atoms with Gasteiger partial charge >= 0.3 is 5.97 Å². The van der Waals surface area contributed by atoms with Crippen molar-refractivity contribution in [3.63, 3.8) is 0 Å². The minimum absolute atomic E-state index is 0.0207. The average molecular weight is 294 g/mol. The number of ether oxygens (including phenoxy) is 1. The van der Waals surface area contributed by atoms with E-state index in [1.165, 1.54) is 6.20 Å². The molecule has 1 N–H and O–H groups in total. The van der Waals surface area contributed by atoms with E-state index in [1.54, 1.807) is 25.7 Å². The number of nitrogens with one attached hydrogen (secondary N) is 1. The summed E-state index contributed by atoms with van der Waals surface area (Å²) in [5, 5.41) is 6.83. The van der Waals surface area contributed by atoms with Gasteiger partial charge in [-0.2, -0.15) is 5.10 Å². The molecular weight excluding hydrogens is 272 g/mol. The van der Waals surface area contributed by atoms with Crippen LogP contribution in [-0.4, -0.2) is 52.8 Å². The molecule has 0 spiro atoms. The summed E-state index contributed by atoms with van der Waals surface area (Å²) >= 11 is 0. The second kappa shape index (κ2) is 6.71. The van der Waals surface area contributed by atoms with E-state index >= 15 is 0 Å². The molecule has 1 aromatic heterocycles. The number of aromatic nitrogens is 2. The van der Waals surface area contributed by atoms with Gasteiger partial charge in [0.05, 0.1) is 24.5 Å². The molecule has 1 aromatic rings. The maximum Gasteiger partial charge on any atom is 0.341 e. The highest BCUT2D eigenvalue weighted by Gasteiger charge is 2.31. The Hall–Kier alpha value is -1.89. The van der Waals surface area contributed by atoms with E-state index in [9.17, 15) is 9.59 Å². The van der Waals surface area contributed by atoms with Crippen LogP contribution in [0.1, 0.15) is 35.8 Å². The Morgan fingerprint density at radius 1 is 1.52 bits per heavy atom. The van der Waals surface area contributed by atoms with E-state index in [0.717, 1.165) is 25.1 Å². The lowest BCUT2D eigenvalue weighted by atomic mass is 10.2. The number of carbonyl (C=O) groups is 2. The van der Waals surface area contributed by atoms with Crippen LogP contribution in [0.5, 0.6) is 0 Å². The van der Waals surface area contributed by atoms with Crippen molar-refractivity contribution < 1.29 is 14.3 Å². The van der Waals surface area contributed by atoms with Gasteiger partial charge in [-0.25, -0.2) is 4.79 Å². The number of esters is 1. The molecule has 7 nitrogen and oxygen atoms in total. The standard InChI is InChI=1S/C14H22N4O3/c1-4-21-14(20)10-8-16-17(3)12(10)9-18-7-5-6-11(18)13(19)15-2/h8,11H,4-7,9H2,1-3H3,(H,15,19). The Kier molecular flexibility index (Phi) is 4.95. The van der Waals surface area contributed by atoms with Gasteiger partial charge in [0.2, 0.25) is 5.91 Å². The Balaban J connectivity index is 2.17. The molecule has 1 amide bonds. The van der Waals surface area contributed by atoms with E-state index in [-0.39, 0.29) is 17.9 Å². The molecule has 0 radical (unpaired) electrons. The summed E-state index contributed by atoms with van der Waals surface area (Å²) in [6.45, 7) is 3.46. The van der Waals surface area contributed by atoms with Crippen LogP contribution in [0.4, 0.5) is 0 Å². The summed E-state index contributed by atoms with van der Waals surface area (Å²) in [7, 11) is 3.44. The van der Waals surface area contributed by atoms with Crippen LogP contribution >= 0.6 is 0 Å². The van der Waals surface area contributed by atoms with Crippen LogP contribution < -0.4 is 5.32 Å². The van der Waals surface area contributed by atoms with Crippen molar-refractivity contribution in [2.45, 2.75) is 32.4 Å². The van der Waals surface area contributed by atoms with E-state index in [4.69, 9.17) is 4.74 Å². The van der Waals surface area contributed by atoms with Gasteiger partial charge in [-0.15, -0.1) is 0 Å². The summed E-state index contributed by atoms with van der Waals surface area (Å²) in [6.07, 6.45) is 3.34. The van der Waals surface area contributed by atoms with Crippen LogP contribution in [0.3, 0.4) is 0 Å². The number of likely N-dealkylation sites (tertiary alicyclic amines) is 1. The molecule has 0 aliphatic carbocycles. The molecule has 1 atom stereocenters. The minimum atomic E-state index is -0.365. The minimum Gasteiger partial charge on any atom is -0.462 e.